The highest BCUT2D eigenvalue weighted by molar-refractivity contribution is 5.20. The molecule has 0 aromatic heterocycles. The Labute approximate surface area is 121 Å². The van der Waals surface area contributed by atoms with Gasteiger partial charge in [-0.1, -0.05) is 55.5 Å². The van der Waals surface area contributed by atoms with Crippen LogP contribution in [0.25, 0.3) is 0 Å². The molecule has 1 N–H and O–H groups in total. The number of nitrogens with one attached hydrogen (secondary N) is 1. The highest BCUT2D eigenvalue weighted by Gasteiger charge is 2.06. The molecule has 2 heteroatoms. The van der Waals surface area contributed by atoms with E-state index in [2.05, 4.69) is 42.6 Å². The second kappa shape index (κ2) is 8.39. The Morgan fingerprint density at radius 3 is 2.25 bits per heavy atom. The minimum absolute atomic E-state index is 0.511. The van der Waals surface area contributed by atoms with Gasteiger partial charge in [-0.25, -0.2) is 0 Å². The summed E-state index contributed by atoms with van der Waals surface area (Å²) in [5.41, 5.74) is 1.39. The van der Waals surface area contributed by atoms with Gasteiger partial charge in [-0.15, -0.1) is 0 Å². The monoisotopic (exact) mass is 269 g/mol. The molecule has 0 spiro atoms. The van der Waals surface area contributed by atoms with Crippen LogP contribution in [0, 0.1) is 0 Å². The van der Waals surface area contributed by atoms with Crippen LogP contribution >= 0.6 is 0 Å². The third kappa shape index (κ3) is 5.06. The minimum atomic E-state index is 0.511. The van der Waals surface area contributed by atoms with Crippen LogP contribution in [0.4, 0.5) is 0 Å². The molecular formula is C18H23NO. The highest BCUT2D eigenvalue weighted by Crippen LogP contribution is 2.08. The summed E-state index contributed by atoms with van der Waals surface area (Å²) >= 11 is 0. The van der Waals surface area contributed by atoms with Crippen molar-refractivity contribution in [2.24, 2.45) is 0 Å². The summed E-state index contributed by atoms with van der Waals surface area (Å²) in [5, 5.41) is 3.56. The average Bonchev–Trinajstić information content (AvgIpc) is 2.52. The van der Waals surface area contributed by atoms with Crippen molar-refractivity contribution in [1.29, 1.82) is 0 Å². The summed E-state index contributed by atoms with van der Waals surface area (Å²) in [7, 11) is 0. The summed E-state index contributed by atoms with van der Waals surface area (Å²) in [6.07, 6.45) is 2.20. The molecule has 20 heavy (non-hydrogen) atoms. The van der Waals surface area contributed by atoms with Crippen molar-refractivity contribution in [3.63, 3.8) is 0 Å². The van der Waals surface area contributed by atoms with Gasteiger partial charge in [0.1, 0.15) is 12.4 Å². The topological polar surface area (TPSA) is 21.3 Å². The zero-order valence-electron chi connectivity index (χ0n) is 12.1. The summed E-state index contributed by atoms with van der Waals surface area (Å²) in [6, 6.07) is 21.1. The molecule has 1 atom stereocenters. The lowest BCUT2D eigenvalue weighted by Gasteiger charge is -2.17. The quantitative estimate of drug-likeness (QED) is 0.738. The first-order chi connectivity index (χ1) is 9.88. The van der Waals surface area contributed by atoms with Gasteiger partial charge in [-0.2, -0.15) is 0 Å². The number of rotatable bonds is 8. The largest absolute Gasteiger partial charge is 0.492 e. The van der Waals surface area contributed by atoms with Crippen molar-refractivity contribution in [2.75, 3.05) is 13.2 Å². The predicted molar refractivity (Wildman–Crippen MR) is 84.2 cm³/mol. The maximum absolute atomic E-state index is 5.69. The van der Waals surface area contributed by atoms with Crippen LogP contribution < -0.4 is 10.1 Å². The van der Waals surface area contributed by atoms with Gasteiger partial charge in [-0.05, 0) is 30.5 Å². The van der Waals surface area contributed by atoms with E-state index < -0.39 is 0 Å². The molecule has 2 aromatic rings. The van der Waals surface area contributed by atoms with E-state index in [1.165, 1.54) is 5.56 Å². The fourth-order valence-electron chi connectivity index (χ4n) is 2.21. The second-order valence-corrected chi connectivity index (χ2v) is 4.91. The first-order valence-electron chi connectivity index (χ1n) is 7.33. The van der Waals surface area contributed by atoms with Crippen LogP contribution in [0.3, 0.4) is 0 Å². The maximum Gasteiger partial charge on any atom is 0.119 e. The summed E-state index contributed by atoms with van der Waals surface area (Å²) < 4.78 is 5.69. The SMILES string of the molecule is CCC(Cc1ccccc1)NCCOc1ccccc1. The summed E-state index contributed by atoms with van der Waals surface area (Å²) in [4.78, 5) is 0. The number of benzene rings is 2. The van der Waals surface area contributed by atoms with Crippen molar-refractivity contribution < 1.29 is 4.74 Å². The normalized spacial score (nSPS) is 12.1. The van der Waals surface area contributed by atoms with Crippen molar-refractivity contribution in [3.05, 3.63) is 66.2 Å². The number of hydrogen-bond acceptors (Lipinski definition) is 2. The lowest BCUT2D eigenvalue weighted by atomic mass is 10.0. The Kier molecular flexibility index (Phi) is 6.12. The van der Waals surface area contributed by atoms with Crippen molar-refractivity contribution in [3.8, 4) is 5.75 Å². The van der Waals surface area contributed by atoms with E-state index in [0.717, 1.165) is 25.1 Å². The van der Waals surface area contributed by atoms with Crippen molar-refractivity contribution in [2.45, 2.75) is 25.8 Å². The zero-order chi connectivity index (χ0) is 14.0. The van der Waals surface area contributed by atoms with E-state index in [1.807, 2.05) is 30.3 Å². The summed E-state index contributed by atoms with van der Waals surface area (Å²) in [6.45, 7) is 3.80. The van der Waals surface area contributed by atoms with Crippen LogP contribution in [0.5, 0.6) is 5.75 Å². The molecule has 0 saturated heterocycles. The van der Waals surface area contributed by atoms with Gasteiger partial charge in [0.25, 0.3) is 0 Å². The maximum atomic E-state index is 5.69. The van der Waals surface area contributed by atoms with E-state index in [0.29, 0.717) is 12.6 Å². The second-order valence-electron chi connectivity index (χ2n) is 4.91. The van der Waals surface area contributed by atoms with Gasteiger partial charge in [0, 0.05) is 12.6 Å². The van der Waals surface area contributed by atoms with Gasteiger partial charge in [-0.3, -0.25) is 0 Å². The van der Waals surface area contributed by atoms with E-state index in [1.54, 1.807) is 0 Å². The molecule has 2 aromatic carbocycles. The van der Waals surface area contributed by atoms with Gasteiger partial charge < -0.3 is 10.1 Å². The molecule has 0 heterocycles. The van der Waals surface area contributed by atoms with Crippen molar-refractivity contribution in [1.82, 2.24) is 5.32 Å². The van der Waals surface area contributed by atoms with Gasteiger partial charge in [0.15, 0.2) is 0 Å². The molecule has 0 saturated carbocycles. The molecule has 0 amide bonds. The Balaban J connectivity index is 1.69. The van der Waals surface area contributed by atoms with Crippen LogP contribution in [-0.4, -0.2) is 19.2 Å². The molecule has 0 aliphatic carbocycles. The Morgan fingerprint density at radius 1 is 0.950 bits per heavy atom. The molecular weight excluding hydrogens is 246 g/mol. The third-order valence-electron chi connectivity index (χ3n) is 3.36. The first-order valence-corrected chi connectivity index (χ1v) is 7.33. The lowest BCUT2D eigenvalue weighted by molar-refractivity contribution is 0.303. The number of ether oxygens (including phenoxy) is 1. The molecule has 1 unspecified atom stereocenters. The predicted octanol–water partition coefficient (Wildman–Crippen LogP) is 3.68. The minimum Gasteiger partial charge on any atom is -0.492 e. The Bertz CT molecular complexity index is 469. The van der Waals surface area contributed by atoms with Crippen LogP contribution in [0.1, 0.15) is 18.9 Å². The fraction of sp³-hybridized carbons (Fsp3) is 0.333. The molecule has 2 nitrogen and oxygen atoms in total. The lowest BCUT2D eigenvalue weighted by Crippen LogP contribution is -2.33. The Hall–Kier alpha value is -1.80. The van der Waals surface area contributed by atoms with E-state index in [4.69, 9.17) is 4.74 Å². The van der Waals surface area contributed by atoms with E-state index in [-0.39, 0.29) is 0 Å². The molecule has 0 bridgehead atoms. The van der Waals surface area contributed by atoms with Gasteiger partial charge >= 0.3 is 0 Å². The summed E-state index contributed by atoms with van der Waals surface area (Å²) in [5.74, 6) is 0.936. The molecule has 0 fully saturated rings. The van der Waals surface area contributed by atoms with E-state index in [9.17, 15) is 0 Å². The van der Waals surface area contributed by atoms with Gasteiger partial charge in [0.05, 0.1) is 0 Å². The van der Waals surface area contributed by atoms with Crippen LogP contribution in [-0.2, 0) is 6.42 Å². The van der Waals surface area contributed by atoms with Crippen LogP contribution in [0.15, 0.2) is 60.7 Å². The smallest absolute Gasteiger partial charge is 0.119 e. The first kappa shape index (κ1) is 14.6. The number of hydrogen-bond donors (Lipinski definition) is 1. The zero-order valence-corrected chi connectivity index (χ0v) is 12.1. The van der Waals surface area contributed by atoms with Gasteiger partial charge in [0.2, 0.25) is 0 Å². The van der Waals surface area contributed by atoms with Crippen LogP contribution in [0.2, 0.25) is 0 Å². The molecule has 0 radical (unpaired) electrons. The Morgan fingerprint density at radius 2 is 1.60 bits per heavy atom. The molecule has 106 valence electrons. The molecule has 2 rings (SSSR count). The fourth-order valence-corrected chi connectivity index (χ4v) is 2.21. The van der Waals surface area contributed by atoms with Crippen molar-refractivity contribution >= 4 is 0 Å². The third-order valence-corrected chi connectivity index (χ3v) is 3.36. The molecule has 0 aliphatic heterocycles. The molecule has 0 aliphatic rings. The van der Waals surface area contributed by atoms with E-state index >= 15 is 0 Å². The average molecular weight is 269 g/mol. The number of para-hydroxylation sites is 1. The standard InChI is InChI=1S/C18H23NO/c1-2-17(15-16-9-5-3-6-10-16)19-13-14-20-18-11-7-4-8-12-18/h3-12,17,19H,2,13-15H2,1H3. The highest BCUT2D eigenvalue weighted by atomic mass is 16.5.